The van der Waals surface area contributed by atoms with Crippen LogP contribution in [0.3, 0.4) is 0 Å². The maximum Gasteiger partial charge on any atom is 0.175 e. The first kappa shape index (κ1) is 14.7. The average Bonchev–Trinajstić information content (AvgIpc) is 2.75. The van der Waals surface area contributed by atoms with Gasteiger partial charge in [-0.05, 0) is 18.2 Å². The number of benzene rings is 1. The van der Waals surface area contributed by atoms with Crippen LogP contribution in [0.15, 0.2) is 35.2 Å². The van der Waals surface area contributed by atoms with Crippen molar-refractivity contribution < 1.29 is 9.53 Å². The molecule has 1 aromatic carbocycles. The number of ketones is 1. The number of rotatable bonds is 5. The van der Waals surface area contributed by atoms with E-state index in [2.05, 4.69) is 0 Å². The minimum absolute atomic E-state index is 0.0379. The van der Waals surface area contributed by atoms with Gasteiger partial charge in [0.2, 0.25) is 0 Å². The summed E-state index contributed by atoms with van der Waals surface area (Å²) in [5.74, 6) is 1.02. The first-order chi connectivity index (χ1) is 9.11. The van der Waals surface area contributed by atoms with Crippen molar-refractivity contribution in [3.63, 3.8) is 0 Å². The van der Waals surface area contributed by atoms with Gasteiger partial charge in [0, 0.05) is 10.5 Å². The van der Waals surface area contributed by atoms with E-state index < -0.39 is 0 Å². The highest BCUT2D eigenvalue weighted by molar-refractivity contribution is 8.00. The highest BCUT2D eigenvalue weighted by atomic mass is 35.5. The zero-order valence-corrected chi connectivity index (χ0v) is 13.1. The second-order valence-corrected chi connectivity index (χ2v) is 6.90. The molecule has 0 aliphatic carbocycles. The molecule has 0 atom stereocenters. The summed E-state index contributed by atoms with van der Waals surface area (Å²) < 4.78 is 6.20. The van der Waals surface area contributed by atoms with E-state index in [9.17, 15) is 4.79 Å². The number of methoxy groups -OCH3 is 1. The molecule has 0 N–H and O–H groups in total. The van der Waals surface area contributed by atoms with Gasteiger partial charge in [0.25, 0.3) is 0 Å². The van der Waals surface area contributed by atoms with Gasteiger partial charge in [-0.2, -0.15) is 0 Å². The molecule has 1 heterocycles. The van der Waals surface area contributed by atoms with Gasteiger partial charge in [-0.15, -0.1) is 23.1 Å². The van der Waals surface area contributed by atoms with E-state index >= 15 is 0 Å². The van der Waals surface area contributed by atoms with Crippen molar-refractivity contribution in [2.45, 2.75) is 4.90 Å². The standard InChI is InChI=1S/C13H10Cl2O2S2/c1-17-10-4-2-3-5-11(10)18-7-9(16)8-6-12(14)19-13(8)15/h2-6H,7H2,1H3. The maximum absolute atomic E-state index is 12.1. The smallest absolute Gasteiger partial charge is 0.175 e. The summed E-state index contributed by atoms with van der Waals surface area (Å²) >= 11 is 14.4. The third-order valence-electron chi connectivity index (χ3n) is 2.38. The Hall–Kier alpha value is -0.680. The van der Waals surface area contributed by atoms with Gasteiger partial charge < -0.3 is 4.74 Å². The number of halogens is 2. The Morgan fingerprint density at radius 3 is 2.74 bits per heavy atom. The predicted molar refractivity (Wildman–Crippen MR) is 82.4 cm³/mol. The zero-order chi connectivity index (χ0) is 13.8. The second kappa shape index (κ2) is 6.66. The van der Waals surface area contributed by atoms with E-state index in [-0.39, 0.29) is 5.78 Å². The van der Waals surface area contributed by atoms with Crippen LogP contribution in [0.25, 0.3) is 0 Å². The highest BCUT2D eigenvalue weighted by Crippen LogP contribution is 2.34. The molecule has 1 aromatic heterocycles. The van der Waals surface area contributed by atoms with E-state index in [1.807, 2.05) is 24.3 Å². The largest absolute Gasteiger partial charge is 0.496 e. The summed E-state index contributed by atoms with van der Waals surface area (Å²) in [4.78, 5) is 13.0. The molecule has 0 radical (unpaired) electrons. The summed E-state index contributed by atoms with van der Waals surface area (Å²) in [5, 5.41) is 0. The van der Waals surface area contributed by atoms with Crippen LogP contribution in [0.2, 0.25) is 8.67 Å². The van der Waals surface area contributed by atoms with Crippen LogP contribution < -0.4 is 4.74 Å². The molecule has 0 fully saturated rings. The number of ether oxygens (including phenoxy) is 1. The fourth-order valence-electron chi connectivity index (χ4n) is 1.49. The average molecular weight is 333 g/mol. The molecule has 0 amide bonds. The number of thioether (sulfide) groups is 1. The van der Waals surface area contributed by atoms with Crippen LogP contribution in [0, 0.1) is 0 Å². The van der Waals surface area contributed by atoms with Crippen LogP contribution in [0.4, 0.5) is 0 Å². The molecule has 2 aromatic rings. The Kier molecular flexibility index (Phi) is 5.16. The summed E-state index contributed by atoms with van der Waals surface area (Å²) in [6.07, 6.45) is 0. The normalized spacial score (nSPS) is 10.5. The van der Waals surface area contributed by atoms with Crippen molar-refractivity contribution in [1.29, 1.82) is 0 Å². The van der Waals surface area contributed by atoms with E-state index in [0.29, 0.717) is 20.0 Å². The van der Waals surface area contributed by atoms with Gasteiger partial charge >= 0.3 is 0 Å². The second-order valence-electron chi connectivity index (χ2n) is 3.60. The molecule has 2 nitrogen and oxygen atoms in total. The summed E-state index contributed by atoms with van der Waals surface area (Å²) in [6.45, 7) is 0. The number of Topliss-reactive ketones (excluding diaryl/α,β-unsaturated/α-hetero) is 1. The van der Waals surface area contributed by atoms with Crippen molar-refractivity contribution >= 4 is 52.1 Å². The topological polar surface area (TPSA) is 26.3 Å². The molecule has 100 valence electrons. The van der Waals surface area contributed by atoms with Gasteiger partial charge in [-0.3, -0.25) is 4.79 Å². The number of hydrogen-bond donors (Lipinski definition) is 0. The zero-order valence-electron chi connectivity index (χ0n) is 9.98. The number of carbonyl (C=O) groups excluding carboxylic acids is 1. The van der Waals surface area contributed by atoms with E-state index in [0.717, 1.165) is 10.6 Å². The number of hydrogen-bond acceptors (Lipinski definition) is 4. The van der Waals surface area contributed by atoms with Gasteiger partial charge in [-0.25, -0.2) is 0 Å². The fourth-order valence-corrected chi connectivity index (χ4v) is 3.90. The SMILES string of the molecule is COc1ccccc1SCC(=O)c1cc(Cl)sc1Cl. The van der Waals surface area contributed by atoms with Crippen molar-refractivity contribution in [1.82, 2.24) is 0 Å². The monoisotopic (exact) mass is 332 g/mol. The van der Waals surface area contributed by atoms with Crippen molar-refractivity contribution in [3.8, 4) is 5.75 Å². The van der Waals surface area contributed by atoms with Crippen molar-refractivity contribution in [2.75, 3.05) is 12.9 Å². The quantitative estimate of drug-likeness (QED) is 0.566. The van der Waals surface area contributed by atoms with Crippen LogP contribution in [-0.4, -0.2) is 18.6 Å². The molecule has 0 aliphatic rings. The Bertz CT molecular complexity index is 596. The third-order valence-corrected chi connectivity index (χ3v) is 4.93. The fraction of sp³-hybridized carbons (Fsp3) is 0.154. The molecule has 0 aliphatic heterocycles. The predicted octanol–water partition coefficient (Wildman–Crippen LogP) is 5.04. The van der Waals surface area contributed by atoms with E-state index in [1.165, 1.54) is 23.1 Å². The lowest BCUT2D eigenvalue weighted by atomic mass is 10.2. The first-order valence-corrected chi connectivity index (χ1v) is 7.91. The molecule has 0 bridgehead atoms. The lowest BCUT2D eigenvalue weighted by Gasteiger charge is -2.06. The first-order valence-electron chi connectivity index (χ1n) is 5.35. The molecule has 0 unspecified atom stereocenters. The molecule has 0 saturated carbocycles. The summed E-state index contributed by atoms with van der Waals surface area (Å²) in [7, 11) is 1.61. The number of thiophene rings is 1. The van der Waals surface area contributed by atoms with Gasteiger partial charge in [0.15, 0.2) is 5.78 Å². The molecular formula is C13H10Cl2O2S2. The van der Waals surface area contributed by atoms with Crippen molar-refractivity contribution in [2.24, 2.45) is 0 Å². The van der Waals surface area contributed by atoms with Crippen LogP contribution in [-0.2, 0) is 0 Å². The Morgan fingerprint density at radius 1 is 1.37 bits per heavy atom. The summed E-state index contributed by atoms with van der Waals surface area (Å²) in [5.41, 5.74) is 0.485. The van der Waals surface area contributed by atoms with E-state index in [4.69, 9.17) is 27.9 Å². The highest BCUT2D eigenvalue weighted by Gasteiger charge is 2.15. The third kappa shape index (κ3) is 3.66. The van der Waals surface area contributed by atoms with Gasteiger partial charge in [0.1, 0.15) is 10.1 Å². The van der Waals surface area contributed by atoms with E-state index in [1.54, 1.807) is 13.2 Å². The Morgan fingerprint density at radius 2 is 2.11 bits per heavy atom. The molecule has 6 heteroatoms. The maximum atomic E-state index is 12.1. The molecule has 0 saturated heterocycles. The molecule has 0 spiro atoms. The Balaban J connectivity index is 2.06. The van der Waals surface area contributed by atoms with Gasteiger partial charge in [0.05, 0.1) is 17.2 Å². The minimum atomic E-state index is -0.0379. The number of carbonyl (C=O) groups is 1. The van der Waals surface area contributed by atoms with Crippen LogP contribution in [0.1, 0.15) is 10.4 Å². The lowest BCUT2D eigenvalue weighted by Crippen LogP contribution is -2.01. The summed E-state index contributed by atoms with van der Waals surface area (Å²) in [6, 6.07) is 9.18. The molecule has 19 heavy (non-hydrogen) atoms. The van der Waals surface area contributed by atoms with Gasteiger partial charge in [-0.1, -0.05) is 35.3 Å². The minimum Gasteiger partial charge on any atom is -0.496 e. The Labute approximate surface area is 129 Å². The van der Waals surface area contributed by atoms with Crippen LogP contribution >= 0.6 is 46.3 Å². The number of para-hydroxylation sites is 1. The lowest BCUT2D eigenvalue weighted by molar-refractivity contribution is 0.102. The molecular weight excluding hydrogens is 323 g/mol. The van der Waals surface area contributed by atoms with Crippen molar-refractivity contribution in [3.05, 3.63) is 44.6 Å². The van der Waals surface area contributed by atoms with Crippen LogP contribution in [0.5, 0.6) is 5.75 Å². The molecule has 2 rings (SSSR count).